The van der Waals surface area contributed by atoms with Gasteiger partial charge in [-0.2, -0.15) is 0 Å². The molecule has 11 heavy (non-hydrogen) atoms. The molecule has 0 bridgehead atoms. The molecule has 1 aromatic rings. The van der Waals surface area contributed by atoms with Crippen LogP contribution < -0.4 is 5.69 Å². The average molecular weight is 173 g/mol. The van der Waals surface area contributed by atoms with Gasteiger partial charge >= 0.3 is 5.69 Å². The number of aromatic nitrogens is 2. The molecule has 0 aromatic carbocycles. The number of hydrogen-bond acceptors (Lipinski definition) is 2. The molecular formula is C7H9ClN2O. The summed E-state index contributed by atoms with van der Waals surface area (Å²) >= 11 is 5.47. The van der Waals surface area contributed by atoms with Gasteiger partial charge in [0.15, 0.2) is 0 Å². The molecule has 1 heterocycles. The Balaban J connectivity index is 3.03. The van der Waals surface area contributed by atoms with E-state index in [-0.39, 0.29) is 5.69 Å². The van der Waals surface area contributed by atoms with Gasteiger partial charge in [-0.15, -0.1) is 11.6 Å². The lowest BCUT2D eigenvalue weighted by atomic mass is 10.4. The van der Waals surface area contributed by atoms with Crippen LogP contribution in [0.5, 0.6) is 0 Å². The number of aryl methyl sites for hydroxylation is 2. The van der Waals surface area contributed by atoms with E-state index in [1.54, 1.807) is 12.4 Å². The molecule has 0 radical (unpaired) electrons. The lowest BCUT2D eigenvalue weighted by Crippen LogP contribution is -2.22. The van der Waals surface area contributed by atoms with E-state index < -0.39 is 0 Å². The Hall–Kier alpha value is -0.830. The smallest absolute Gasteiger partial charge is 0.298 e. The van der Waals surface area contributed by atoms with E-state index in [1.807, 2.05) is 6.92 Å². The molecular weight excluding hydrogens is 164 g/mol. The molecule has 0 aliphatic rings. The summed E-state index contributed by atoms with van der Waals surface area (Å²) in [5, 5.41) is 0. The van der Waals surface area contributed by atoms with Gasteiger partial charge in [0.05, 0.1) is 0 Å². The highest BCUT2D eigenvalue weighted by Crippen LogP contribution is 1.89. The second-order valence-electron chi connectivity index (χ2n) is 2.30. The van der Waals surface area contributed by atoms with Crippen molar-refractivity contribution in [3.63, 3.8) is 0 Å². The summed E-state index contributed by atoms with van der Waals surface area (Å²) < 4.78 is 1.50. The van der Waals surface area contributed by atoms with Crippen molar-refractivity contribution < 1.29 is 0 Å². The van der Waals surface area contributed by atoms with Crippen LogP contribution in [0.1, 0.15) is 5.56 Å². The highest BCUT2D eigenvalue weighted by Gasteiger charge is 1.94. The van der Waals surface area contributed by atoms with E-state index in [9.17, 15) is 4.79 Å². The maximum atomic E-state index is 11.0. The van der Waals surface area contributed by atoms with Gasteiger partial charge in [-0.05, 0) is 12.5 Å². The highest BCUT2D eigenvalue weighted by molar-refractivity contribution is 6.17. The second-order valence-corrected chi connectivity index (χ2v) is 2.67. The zero-order valence-corrected chi connectivity index (χ0v) is 7.01. The fourth-order valence-electron chi connectivity index (χ4n) is 0.817. The van der Waals surface area contributed by atoms with Gasteiger partial charge in [0, 0.05) is 24.8 Å². The Morgan fingerprint density at radius 1 is 1.73 bits per heavy atom. The fraction of sp³-hybridized carbons (Fsp3) is 0.429. The summed E-state index contributed by atoms with van der Waals surface area (Å²) in [5.74, 6) is 0.436. The lowest BCUT2D eigenvalue weighted by molar-refractivity contribution is 0.698. The molecule has 60 valence electrons. The van der Waals surface area contributed by atoms with E-state index >= 15 is 0 Å². The maximum absolute atomic E-state index is 11.0. The third-order valence-corrected chi connectivity index (χ3v) is 1.48. The third kappa shape index (κ3) is 2.05. The zero-order chi connectivity index (χ0) is 8.27. The van der Waals surface area contributed by atoms with Crippen LogP contribution >= 0.6 is 11.6 Å². The minimum atomic E-state index is -0.240. The first-order valence-electron chi connectivity index (χ1n) is 3.33. The summed E-state index contributed by atoms with van der Waals surface area (Å²) in [4.78, 5) is 14.6. The predicted octanol–water partition coefficient (Wildman–Crippen LogP) is 0.791. The Kier molecular flexibility index (Phi) is 2.65. The van der Waals surface area contributed by atoms with Crippen LogP contribution in [0.4, 0.5) is 0 Å². The zero-order valence-electron chi connectivity index (χ0n) is 6.25. The minimum absolute atomic E-state index is 0.240. The normalized spacial score (nSPS) is 10.0. The van der Waals surface area contributed by atoms with Gasteiger partial charge in [-0.3, -0.25) is 4.57 Å². The van der Waals surface area contributed by atoms with Crippen molar-refractivity contribution in [1.82, 2.24) is 9.55 Å². The van der Waals surface area contributed by atoms with Crippen LogP contribution in [0, 0.1) is 6.92 Å². The van der Waals surface area contributed by atoms with Crippen LogP contribution in [0.15, 0.2) is 17.2 Å². The summed E-state index contributed by atoms with van der Waals surface area (Å²) in [6.45, 7) is 2.41. The van der Waals surface area contributed by atoms with Crippen LogP contribution in [-0.4, -0.2) is 15.4 Å². The van der Waals surface area contributed by atoms with Gasteiger partial charge in [0.25, 0.3) is 0 Å². The fourth-order valence-corrected chi connectivity index (χ4v) is 0.999. The van der Waals surface area contributed by atoms with E-state index in [0.717, 1.165) is 5.56 Å². The number of alkyl halides is 1. The molecule has 0 atom stereocenters. The first-order valence-corrected chi connectivity index (χ1v) is 3.86. The molecule has 0 saturated heterocycles. The molecule has 0 fully saturated rings. The van der Waals surface area contributed by atoms with E-state index in [2.05, 4.69) is 4.98 Å². The molecule has 0 aliphatic carbocycles. The SMILES string of the molecule is Cc1cnc(=O)n(CCCl)c1. The molecule has 1 aromatic heterocycles. The van der Waals surface area contributed by atoms with Gasteiger partial charge in [-0.1, -0.05) is 0 Å². The number of rotatable bonds is 2. The van der Waals surface area contributed by atoms with Crippen molar-refractivity contribution in [2.24, 2.45) is 0 Å². The maximum Gasteiger partial charge on any atom is 0.347 e. The number of hydrogen-bond donors (Lipinski definition) is 0. The Labute approximate surface area is 69.6 Å². The minimum Gasteiger partial charge on any atom is -0.298 e. The second kappa shape index (κ2) is 3.53. The molecule has 0 amide bonds. The van der Waals surface area contributed by atoms with E-state index in [1.165, 1.54) is 4.57 Å². The van der Waals surface area contributed by atoms with Crippen LogP contribution in [0.3, 0.4) is 0 Å². The van der Waals surface area contributed by atoms with Gasteiger partial charge in [0.1, 0.15) is 0 Å². The van der Waals surface area contributed by atoms with Crippen LogP contribution in [0.2, 0.25) is 0 Å². The molecule has 4 heteroatoms. The van der Waals surface area contributed by atoms with Crippen molar-refractivity contribution >= 4 is 11.6 Å². The topological polar surface area (TPSA) is 34.9 Å². The van der Waals surface area contributed by atoms with Crippen molar-refractivity contribution in [2.45, 2.75) is 13.5 Å². The average Bonchev–Trinajstić information content (AvgIpc) is 1.98. The number of halogens is 1. The molecule has 3 nitrogen and oxygen atoms in total. The first-order chi connectivity index (χ1) is 5.24. The molecule has 0 aliphatic heterocycles. The molecule has 0 N–H and O–H groups in total. The largest absolute Gasteiger partial charge is 0.347 e. The van der Waals surface area contributed by atoms with Crippen LogP contribution in [-0.2, 0) is 6.54 Å². The van der Waals surface area contributed by atoms with E-state index in [0.29, 0.717) is 12.4 Å². The number of nitrogens with zero attached hydrogens (tertiary/aromatic N) is 2. The van der Waals surface area contributed by atoms with Crippen molar-refractivity contribution in [2.75, 3.05) is 5.88 Å². The summed E-state index contributed by atoms with van der Waals surface area (Å²) in [6, 6.07) is 0. The summed E-state index contributed by atoms with van der Waals surface area (Å²) in [7, 11) is 0. The lowest BCUT2D eigenvalue weighted by Gasteiger charge is -2.00. The molecule has 0 unspecified atom stereocenters. The van der Waals surface area contributed by atoms with Gasteiger partial charge in [-0.25, -0.2) is 9.78 Å². The molecule has 1 rings (SSSR count). The monoisotopic (exact) mass is 172 g/mol. The van der Waals surface area contributed by atoms with E-state index in [4.69, 9.17) is 11.6 Å². The third-order valence-electron chi connectivity index (χ3n) is 1.31. The Bertz CT molecular complexity index is 295. The van der Waals surface area contributed by atoms with Crippen molar-refractivity contribution in [3.05, 3.63) is 28.4 Å². The predicted molar refractivity (Wildman–Crippen MR) is 44.0 cm³/mol. The van der Waals surface area contributed by atoms with Crippen molar-refractivity contribution in [3.8, 4) is 0 Å². The molecule has 0 spiro atoms. The first kappa shape index (κ1) is 8.27. The van der Waals surface area contributed by atoms with Crippen LogP contribution in [0.25, 0.3) is 0 Å². The Morgan fingerprint density at radius 2 is 2.45 bits per heavy atom. The summed E-state index contributed by atoms with van der Waals surface area (Å²) in [5.41, 5.74) is 0.728. The molecule has 0 saturated carbocycles. The Morgan fingerprint density at radius 3 is 3.09 bits per heavy atom. The van der Waals surface area contributed by atoms with Crippen molar-refractivity contribution in [1.29, 1.82) is 0 Å². The van der Waals surface area contributed by atoms with Gasteiger partial charge < -0.3 is 0 Å². The van der Waals surface area contributed by atoms with Gasteiger partial charge in [0.2, 0.25) is 0 Å². The quantitative estimate of drug-likeness (QED) is 0.619. The highest BCUT2D eigenvalue weighted by atomic mass is 35.5. The standard InChI is InChI=1S/C7H9ClN2O/c1-6-4-9-7(11)10(5-6)3-2-8/h4-5H,2-3H2,1H3. The summed E-state index contributed by atoms with van der Waals surface area (Å²) in [6.07, 6.45) is 3.30.